The van der Waals surface area contributed by atoms with E-state index in [4.69, 9.17) is 9.47 Å². The maximum Gasteiger partial charge on any atom is 0.251 e. The van der Waals surface area contributed by atoms with Crippen molar-refractivity contribution >= 4 is 5.91 Å². The number of ether oxygens (including phenoxy) is 2. The molecule has 16 heavy (non-hydrogen) atoms. The zero-order valence-corrected chi connectivity index (χ0v) is 10.6. The number of nitrogens with one attached hydrogen (secondary N) is 1. The maximum atomic E-state index is 11.4. The fraction of sp³-hybridized carbons (Fsp3) is 0.909. The van der Waals surface area contributed by atoms with Crippen LogP contribution in [-0.4, -0.2) is 43.2 Å². The molecule has 0 rings (SSSR count). The predicted molar refractivity (Wildman–Crippen MR) is 61.0 cm³/mol. The molecule has 0 spiro atoms. The fourth-order valence-corrected chi connectivity index (χ4v) is 1.36. The van der Waals surface area contributed by atoms with Gasteiger partial charge in [-0.3, -0.25) is 4.79 Å². The standard InChI is InChI=1S/C11H23NO4/c1-5-11(14,10(13)12-4)7-8-16-9(3)15-6-2/h9,14H,5-8H2,1-4H3,(H,12,13)/t9?,11-/m1/s1. The van der Waals surface area contributed by atoms with Gasteiger partial charge >= 0.3 is 0 Å². The first-order chi connectivity index (χ1) is 7.50. The molecular formula is C11H23NO4. The van der Waals surface area contributed by atoms with E-state index in [9.17, 15) is 9.90 Å². The summed E-state index contributed by atoms with van der Waals surface area (Å²) in [4.78, 5) is 11.4. The van der Waals surface area contributed by atoms with Crippen LogP contribution in [0.15, 0.2) is 0 Å². The van der Waals surface area contributed by atoms with Crippen molar-refractivity contribution in [3.05, 3.63) is 0 Å². The van der Waals surface area contributed by atoms with Gasteiger partial charge in [0.05, 0.1) is 6.61 Å². The molecule has 0 radical (unpaired) electrons. The van der Waals surface area contributed by atoms with Gasteiger partial charge in [-0.25, -0.2) is 0 Å². The summed E-state index contributed by atoms with van der Waals surface area (Å²) in [7, 11) is 1.51. The summed E-state index contributed by atoms with van der Waals surface area (Å²) in [5.41, 5.74) is -1.35. The molecule has 0 aromatic carbocycles. The van der Waals surface area contributed by atoms with Gasteiger partial charge in [0.25, 0.3) is 5.91 Å². The lowest BCUT2D eigenvalue weighted by Crippen LogP contribution is -2.46. The Morgan fingerprint density at radius 2 is 2.06 bits per heavy atom. The first-order valence-corrected chi connectivity index (χ1v) is 5.68. The van der Waals surface area contributed by atoms with E-state index in [2.05, 4.69) is 5.32 Å². The van der Waals surface area contributed by atoms with Crippen LogP contribution in [0.4, 0.5) is 0 Å². The first kappa shape index (κ1) is 15.3. The first-order valence-electron chi connectivity index (χ1n) is 5.68. The Hall–Kier alpha value is -0.650. The second-order valence-corrected chi connectivity index (χ2v) is 3.61. The summed E-state index contributed by atoms with van der Waals surface area (Å²) in [5.74, 6) is -0.373. The molecule has 0 aromatic heterocycles. The van der Waals surface area contributed by atoms with E-state index in [1.54, 1.807) is 13.8 Å². The largest absolute Gasteiger partial charge is 0.380 e. The third kappa shape index (κ3) is 4.92. The van der Waals surface area contributed by atoms with Crippen molar-refractivity contribution in [1.82, 2.24) is 5.32 Å². The lowest BCUT2D eigenvalue weighted by Gasteiger charge is -2.25. The maximum absolute atomic E-state index is 11.4. The molecule has 0 aromatic rings. The number of hydrogen-bond donors (Lipinski definition) is 2. The Balaban J connectivity index is 4.00. The summed E-state index contributed by atoms with van der Waals surface area (Å²) in [6.45, 7) is 6.30. The van der Waals surface area contributed by atoms with Crippen LogP contribution in [0.25, 0.3) is 0 Å². The van der Waals surface area contributed by atoms with E-state index in [1.165, 1.54) is 7.05 Å². The minimum absolute atomic E-state index is 0.264. The van der Waals surface area contributed by atoms with Gasteiger partial charge in [0.15, 0.2) is 6.29 Å². The predicted octanol–water partition coefficient (Wildman–Crippen LogP) is 0.663. The molecule has 5 heteroatoms. The monoisotopic (exact) mass is 233 g/mol. The number of amides is 1. The Labute approximate surface area is 97.1 Å². The molecule has 0 saturated heterocycles. The highest BCUT2D eigenvalue weighted by Gasteiger charge is 2.32. The molecule has 96 valence electrons. The van der Waals surface area contributed by atoms with Gasteiger partial charge in [-0.15, -0.1) is 0 Å². The van der Waals surface area contributed by atoms with E-state index in [0.29, 0.717) is 19.6 Å². The second-order valence-electron chi connectivity index (χ2n) is 3.61. The van der Waals surface area contributed by atoms with Crippen molar-refractivity contribution in [2.75, 3.05) is 20.3 Å². The van der Waals surface area contributed by atoms with Crippen LogP contribution >= 0.6 is 0 Å². The van der Waals surface area contributed by atoms with Crippen LogP contribution in [0.5, 0.6) is 0 Å². The minimum atomic E-state index is -1.35. The van der Waals surface area contributed by atoms with Gasteiger partial charge in [0.1, 0.15) is 5.60 Å². The lowest BCUT2D eigenvalue weighted by atomic mass is 9.96. The quantitative estimate of drug-likeness (QED) is 0.604. The SMILES string of the molecule is CCOC(C)OCC[C@](O)(CC)C(=O)NC. The molecule has 0 aliphatic heterocycles. The molecule has 1 unspecified atom stereocenters. The fourth-order valence-electron chi connectivity index (χ4n) is 1.36. The third-order valence-corrected chi connectivity index (χ3v) is 2.50. The highest BCUT2D eigenvalue weighted by molar-refractivity contribution is 5.84. The van der Waals surface area contributed by atoms with E-state index in [-0.39, 0.29) is 18.6 Å². The van der Waals surface area contributed by atoms with E-state index < -0.39 is 5.60 Å². The number of hydrogen-bond acceptors (Lipinski definition) is 4. The second kappa shape index (κ2) is 7.60. The molecule has 0 aliphatic rings. The molecule has 0 bridgehead atoms. The highest BCUT2D eigenvalue weighted by atomic mass is 16.7. The van der Waals surface area contributed by atoms with Crippen LogP contribution in [-0.2, 0) is 14.3 Å². The zero-order valence-electron chi connectivity index (χ0n) is 10.6. The molecule has 0 heterocycles. The summed E-state index contributed by atoms with van der Waals surface area (Å²) < 4.78 is 10.5. The van der Waals surface area contributed by atoms with Crippen molar-refractivity contribution < 1.29 is 19.4 Å². The molecular weight excluding hydrogens is 210 g/mol. The topological polar surface area (TPSA) is 67.8 Å². The Bertz CT molecular complexity index is 210. The smallest absolute Gasteiger partial charge is 0.251 e. The van der Waals surface area contributed by atoms with Crippen molar-refractivity contribution in [3.63, 3.8) is 0 Å². The molecule has 5 nitrogen and oxygen atoms in total. The van der Waals surface area contributed by atoms with Crippen LogP contribution in [0.2, 0.25) is 0 Å². The molecule has 1 amide bonds. The van der Waals surface area contributed by atoms with Crippen LogP contribution in [0, 0.1) is 0 Å². The van der Waals surface area contributed by atoms with Gasteiger partial charge in [0, 0.05) is 20.1 Å². The average molecular weight is 233 g/mol. The van der Waals surface area contributed by atoms with Crippen molar-refractivity contribution in [3.8, 4) is 0 Å². The number of likely N-dealkylation sites (N-methyl/N-ethyl adjacent to an activating group) is 1. The van der Waals surface area contributed by atoms with E-state index >= 15 is 0 Å². The van der Waals surface area contributed by atoms with Crippen molar-refractivity contribution in [2.24, 2.45) is 0 Å². The van der Waals surface area contributed by atoms with Crippen LogP contribution < -0.4 is 5.32 Å². The van der Waals surface area contributed by atoms with Gasteiger partial charge in [-0.1, -0.05) is 6.92 Å². The summed E-state index contributed by atoms with van der Waals surface area (Å²) in [6.07, 6.45) is 0.315. The molecule has 2 atom stereocenters. The van der Waals surface area contributed by atoms with Gasteiger partial charge < -0.3 is 19.9 Å². The number of rotatable bonds is 8. The Kier molecular flexibility index (Phi) is 7.29. The number of aliphatic hydroxyl groups is 1. The lowest BCUT2D eigenvalue weighted by molar-refractivity contribution is -0.152. The highest BCUT2D eigenvalue weighted by Crippen LogP contribution is 2.15. The number of carbonyl (C=O) groups is 1. The molecule has 0 aliphatic carbocycles. The van der Waals surface area contributed by atoms with Gasteiger partial charge in [-0.05, 0) is 20.3 Å². The van der Waals surface area contributed by atoms with Crippen LogP contribution in [0.1, 0.15) is 33.6 Å². The third-order valence-electron chi connectivity index (χ3n) is 2.50. The summed E-state index contributed by atoms with van der Waals surface area (Å²) >= 11 is 0. The zero-order chi connectivity index (χ0) is 12.6. The molecule has 2 N–H and O–H groups in total. The van der Waals surface area contributed by atoms with Gasteiger partial charge in [-0.2, -0.15) is 0 Å². The minimum Gasteiger partial charge on any atom is -0.380 e. The summed E-state index contributed by atoms with van der Waals surface area (Å²) in [5, 5.41) is 12.4. The van der Waals surface area contributed by atoms with Crippen LogP contribution in [0.3, 0.4) is 0 Å². The Morgan fingerprint density at radius 3 is 2.50 bits per heavy atom. The number of carbonyl (C=O) groups excluding carboxylic acids is 1. The molecule has 0 fully saturated rings. The normalized spacial score (nSPS) is 16.6. The van der Waals surface area contributed by atoms with E-state index in [1.807, 2.05) is 6.92 Å². The molecule has 0 saturated carbocycles. The van der Waals surface area contributed by atoms with Gasteiger partial charge in [0.2, 0.25) is 0 Å². The van der Waals surface area contributed by atoms with E-state index in [0.717, 1.165) is 0 Å². The van der Waals surface area contributed by atoms with Crippen molar-refractivity contribution in [1.29, 1.82) is 0 Å². The average Bonchev–Trinajstić information content (AvgIpc) is 2.28. The van der Waals surface area contributed by atoms with Crippen molar-refractivity contribution in [2.45, 2.75) is 45.5 Å². The summed E-state index contributed by atoms with van der Waals surface area (Å²) in [6, 6.07) is 0. The Morgan fingerprint density at radius 1 is 1.44 bits per heavy atom.